The van der Waals surface area contributed by atoms with Crippen LogP contribution < -0.4 is 14.8 Å². The Bertz CT molecular complexity index is 1200. The number of fused-ring (bicyclic) bond motifs is 1. The summed E-state index contributed by atoms with van der Waals surface area (Å²) in [6, 6.07) is 12.1. The zero-order valence-corrected chi connectivity index (χ0v) is 21.1. The summed E-state index contributed by atoms with van der Waals surface area (Å²) in [5, 5.41) is 3.50. The largest absolute Gasteiger partial charge is 0.497 e. The number of sulfonamides is 1. The van der Waals surface area contributed by atoms with Crippen molar-refractivity contribution in [1.29, 1.82) is 0 Å². The van der Waals surface area contributed by atoms with E-state index in [1.807, 2.05) is 18.2 Å². The maximum Gasteiger partial charge on any atom is 0.300 e. The van der Waals surface area contributed by atoms with E-state index in [4.69, 9.17) is 11.2 Å². The SMILES string of the molecule is C#CC(=O)N1[C@@H](c2ccc(S(=O)(=O)NC3CCC3)cc2)c2ccc(OC)cc2C[C@@H]1NCCCC. The Morgan fingerprint density at radius 2 is 1.94 bits per heavy atom. The molecule has 2 N–H and O–H groups in total. The Morgan fingerprint density at radius 1 is 1.20 bits per heavy atom. The lowest BCUT2D eigenvalue weighted by atomic mass is 9.86. The first kappa shape index (κ1) is 25.2. The second-order valence-electron chi connectivity index (χ2n) is 9.17. The van der Waals surface area contributed by atoms with Crippen molar-refractivity contribution < 1.29 is 17.9 Å². The number of terminal acetylenes is 1. The molecule has 0 aromatic heterocycles. The summed E-state index contributed by atoms with van der Waals surface area (Å²) in [6.45, 7) is 2.87. The number of ether oxygens (including phenoxy) is 1. The van der Waals surface area contributed by atoms with Crippen molar-refractivity contribution in [2.75, 3.05) is 13.7 Å². The van der Waals surface area contributed by atoms with Crippen LogP contribution in [0.1, 0.15) is 61.8 Å². The molecule has 1 amide bonds. The summed E-state index contributed by atoms with van der Waals surface area (Å²) >= 11 is 0. The molecule has 1 aliphatic carbocycles. The molecule has 186 valence electrons. The van der Waals surface area contributed by atoms with Gasteiger partial charge < -0.3 is 9.64 Å². The predicted octanol–water partition coefficient (Wildman–Crippen LogP) is 3.35. The van der Waals surface area contributed by atoms with Gasteiger partial charge in [-0.05, 0) is 72.7 Å². The zero-order valence-electron chi connectivity index (χ0n) is 20.3. The number of unbranched alkanes of at least 4 members (excludes halogenated alkanes) is 1. The van der Waals surface area contributed by atoms with Crippen LogP contribution in [0.5, 0.6) is 5.75 Å². The van der Waals surface area contributed by atoms with Crippen LogP contribution >= 0.6 is 0 Å². The van der Waals surface area contributed by atoms with Crippen LogP contribution in [0, 0.1) is 12.3 Å². The fourth-order valence-corrected chi connectivity index (χ4v) is 6.03. The molecule has 0 bridgehead atoms. The number of carbonyl (C=O) groups is 1. The van der Waals surface area contributed by atoms with Gasteiger partial charge in [0.15, 0.2) is 0 Å². The first-order valence-corrected chi connectivity index (χ1v) is 13.7. The van der Waals surface area contributed by atoms with Gasteiger partial charge in [0, 0.05) is 12.5 Å². The van der Waals surface area contributed by atoms with Crippen molar-refractivity contribution in [3.05, 3.63) is 59.2 Å². The second-order valence-corrected chi connectivity index (χ2v) is 10.9. The Balaban J connectivity index is 1.73. The smallest absolute Gasteiger partial charge is 0.300 e. The summed E-state index contributed by atoms with van der Waals surface area (Å²) in [5.74, 6) is 2.63. The average Bonchev–Trinajstić information content (AvgIpc) is 2.85. The number of hydrogen-bond donors (Lipinski definition) is 2. The third-order valence-corrected chi connectivity index (χ3v) is 8.41. The highest BCUT2D eigenvalue weighted by Gasteiger charge is 2.38. The minimum absolute atomic E-state index is 0.0126. The van der Waals surface area contributed by atoms with Crippen LogP contribution in [0.2, 0.25) is 0 Å². The fraction of sp³-hybridized carbons (Fsp3) is 0.444. The van der Waals surface area contributed by atoms with Crippen molar-refractivity contribution in [3.8, 4) is 18.1 Å². The molecule has 1 saturated carbocycles. The quantitative estimate of drug-likeness (QED) is 0.412. The molecule has 0 spiro atoms. The minimum Gasteiger partial charge on any atom is -0.497 e. The normalized spacial score (nSPS) is 20.0. The Hall–Kier alpha value is -2.86. The van der Waals surface area contributed by atoms with Gasteiger partial charge in [0.2, 0.25) is 10.0 Å². The molecule has 2 aromatic rings. The number of carbonyl (C=O) groups excluding carboxylic acids is 1. The van der Waals surface area contributed by atoms with E-state index < -0.39 is 22.0 Å². The van der Waals surface area contributed by atoms with E-state index in [9.17, 15) is 13.2 Å². The van der Waals surface area contributed by atoms with Gasteiger partial charge in [-0.25, -0.2) is 13.1 Å². The van der Waals surface area contributed by atoms with E-state index in [2.05, 4.69) is 22.9 Å². The van der Waals surface area contributed by atoms with Crippen molar-refractivity contribution in [3.63, 3.8) is 0 Å². The van der Waals surface area contributed by atoms with Gasteiger partial charge in [-0.3, -0.25) is 10.1 Å². The molecule has 2 aromatic carbocycles. The molecule has 2 aliphatic rings. The summed E-state index contributed by atoms with van der Waals surface area (Å²) in [7, 11) is -1.96. The van der Waals surface area contributed by atoms with E-state index >= 15 is 0 Å². The van der Waals surface area contributed by atoms with Crippen LogP contribution in [-0.2, 0) is 21.2 Å². The van der Waals surface area contributed by atoms with Gasteiger partial charge in [0.1, 0.15) is 5.75 Å². The highest BCUT2D eigenvalue weighted by molar-refractivity contribution is 7.89. The first-order chi connectivity index (χ1) is 16.9. The van der Waals surface area contributed by atoms with E-state index in [1.165, 1.54) is 0 Å². The van der Waals surface area contributed by atoms with E-state index in [-0.39, 0.29) is 17.1 Å². The van der Waals surface area contributed by atoms with Crippen LogP contribution in [0.25, 0.3) is 0 Å². The Labute approximate surface area is 208 Å². The molecule has 1 fully saturated rings. The van der Waals surface area contributed by atoms with Gasteiger partial charge in [-0.15, -0.1) is 6.42 Å². The lowest BCUT2D eigenvalue weighted by Crippen LogP contribution is -2.54. The zero-order chi connectivity index (χ0) is 25.0. The molecule has 0 radical (unpaired) electrons. The molecule has 4 rings (SSSR count). The minimum atomic E-state index is -3.59. The maximum atomic E-state index is 13.0. The fourth-order valence-electron chi connectivity index (χ4n) is 4.72. The van der Waals surface area contributed by atoms with Crippen LogP contribution in [0.15, 0.2) is 47.4 Å². The summed E-state index contributed by atoms with van der Waals surface area (Å²) in [6.07, 6.45) is 10.7. The van der Waals surface area contributed by atoms with E-state index in [0.29, 0.717) is 6.42 Å². The molecule has 2 atom stereocenters. The number of rotatable bonds is 9. The lowest BCUT2D eigenvalue weighted by Gasteiger charge is -2.43. The molecule has 7 nitrogen and oxygen atoms in total. The summed E-state index contributed by atoms with van der Waals surface area (Å²) < 4.78 is 33.8. The first-order valence-electron chi connectivity index (χ1n) is 12.2. The van der Waals surface area contributed by atoms with Gasteiger partial charge in [-0.2, -0.15) is 0 Å². The van der Waals surface area contributed by atoms with Gasteiger partial charge in [-0.1, -0.05) is 38.0 Å². The van der Waals surface area contributed by atoms with E-state index in [1.54, 1.807) is 36.3 Å². The molecule has 35 heavy (non-hydrogen) atoms. The second kappa shape index (κ2) is 10.8. The van der Waals surface area contributed by atoms with Gasteiger partial charge in [0.25, 0.3) is 5.91 Å². The van der Waals surface area contributed by atoms with Crippen LogP contribution in [0.3, 0.4) is 0 Å². The number of nitrogens with zero attached hydrogens (tertiary/aromatic N) is 1. The monoisotopic (exact) mass is 495 g/mol. The average molecular weight is 496 g/mol. The highest BCUT2D eigenvalue weighted by Crippen LogP contribution is 2.39. The van der Waals surface area contributed by atoms with Crippen LogP contribution in [0.4, 0.5) is 0 Å². The van der Waals surface area contributed by atoms with Crippen molar-refractivity contribution in [2.45, 2.75) is 68.6 Å². The molecule has 1 heterocycles. The Morgan fingerprint density at radius 3 is 2.54 bits per heavy atom. The lowest BCUT2D eigenvalue weighted by molar-refractivity contribution is -0.130. The highest BCUT2D eigenvalue weighted by atomic mass is 32.2. The molecule has 0 saturated heterocycles. The van der Waals surface area contributed by atoms with Crippen molar-refractivity contribution >= 4 is 15.9 Å². The van der Waals surface area contributed by atoms with Crippen molar-refractivity contribution in [2.24, 2.45) is 0 Å². The summed E-state index contributed by atoms with van der Waals surface area (Å²) in [5.41, 5.74) is 2.81. The van der Waals surface area contributed by atoms with Gasteiger partial charge >= 0.3 is 0 Å². The third-order valence-electron chi connectivity index (χ3n) is 6.87. The molecule has 0 unspecified atom stereocenters. The number of nitrogens with one attached hydrogen (secondary N) is 2. The number of methoxy groups -OCH3 is 1. The molecule has 1 aliphatic heterocycles. The third kappa shape index (κ3) is 5.37. The van der Waals surface area contributed by atoms with Crippen LogP contribution in [-0.4, -0.2) is 45.1 Å². The molecular weight excluding hydrogens is 462 g/mol. The maximum absolute atomic E-state index is 13.0. The molecule has 8 heteroatoms. The number of benzene rings is 2. The number of hydrogen-bond acceptors (Lipinski definition) is 5. The van der Waals surface area contributed by atoms with Crippen molar-refractivity contribution in [1.82, 2.24) is 14.9 Å². The van der Waals surface area contributed by atoms with E-state index in [0.717, 1.165) is 61.1 Å². The molecular formula is C27H33N3O4S. The Kier molecular flexibility index (Phi) is 7.80. The standard InChI is InChI=1S/C27H33N3O4S/c1-4-6-16-28-25-18-20-17-22(34-3)12-15-24(20)27(30(25)26(31)5-2)19-10-13-23(14-11-19)35(32,33)29-21-8-7-9-21/h2,10-15,17,21,25,27-29H,4,6-9,16,18H2,1,3H3/t25-,27+/m1/s1. The topological polar surface area (TPSA) is 87.7 Å². The number of amides is 1. The predicted molar refractivity (Wildman–Crippen MR) is 135 cm³/mol. The summed E-state index contributed by atoms with van der Waals surface area (Å²) in [4.78, 5) is 15.0. The van der Waals surface area contributed by atoms with Gasteiger partial charge in [0.05, 0.1) is 24.2 Å².